The Labute approximate surface area is 156 Å². The fourth-order valence-corrected chi connectivity index (χ4v) is 3.95. The van der Waals surface area contributed by atoms with Gasteiger partial charge in [-0.25, -0.2) is 0 Å². The van der Waals surface area contributed by atoms with Gasteiger partial charge < -0.3 is 5.32 Å². The molecule has 0 aromatic heterocycles. The smallest absolute Gasteiger partial charge is 0.261 e. The van der Waals surface area contributed by atoms with Gasteiger partial charge in [0.2, 0.25) is 5.91 Å². The number of nitrogens with one attached hydrogen (secondary N) is 1. The number of amides is 3. The van der Waals surface area contributed by atoms with Crippen LogP contribution >= 0.6 is 15.9 Å². The lowest BCUT2D eigenvalue weighted by Gasteiger charge is -2.17. The normalized spacial score (nSPS) is 18.2. The highest BCUT2D eigenvalue weighted by Gasteiger charge is 2.35. The Bertz CT molecular complexity index is 681. The largest absolute Gasteiger partial charge is 0.353 e. The van der Waals surface area contributed by atoms with Gasteiger partial charge in [0.15, 0.2) is 0 Å². The average Bonchev–Trinajstić information content (AvgIpc) is 2.77. The van der Waals surface area contributed by atoms with Crippen molar-refractivity contribution >= 4 is 33.7 Å². The molecule has 25 heavy (non-hydrogen) atoms. The SMILES string of the molecule is O=C(CCCN1C(=O)c2ccc(Br)cc2C1=O)NC1CCCCCC1. The summed E-state index contributed by atoms with van der Waals surface area (Å²) in [6, 6.07) is 5.38. The Morgan fingerprint density at radius 2 is 1.76 bits per heavy atom. The molecule has 0 radical (unpaired) electrons. The summed E-state index contributed by atoms with van der Waals surface area (Å²) >= 11 is 3.32. The van der Waals surface area contributed by atoms with Gasteiger partial charge in [-0.3, -0.25) is 19.3 Å². The molecule has 2 aliphatic rings. The van der Waals surface area contributed by atoms with Crippen molar-refractivity contribution in [2.75, 3.05) is 6.54 Å². The standard InChI is InChI=1S/C19H23BrN2O3/c20-13-9-10-15-16(12-13)19(25)22(18(15)24)11-5-8-17(23)21-14-6-3-1-2-4-7-14/h9-10,12,14H,1-8,11H2,(H,21,23). The number of carbonyl (C=O) groups is 3. The Morgan fingerprint density at radius 3 is 2.48 bits per heavy atom. The average molecular weight is 407 g/mol. The summed E-state index contributed by atoms with van der Waals surface area (Å²) in [5.74, 6) is -0.520. The molecule has 1 aliphatic heterocycles. The number of rotatable bonds is 5. The molecule has 1 heterocycles. The molecule has 3 rings (SSSR count). The third-order valence-corrected chi connectivity index (χ3v) is 5.43. The molecule has 1 aliphatic carbocycles. The van der Waals surface area contributed by atoms with E-state index in [0.717, 1.165) is 17.3 Å². The molecule has 1 aromatic carbocycles. The molecule has 0 saturated heterocycles. The van der Waals surface area contributed by atoms with E-state index in [1.54, 1.807) is 18.2 Å². The van der Waals surface area contributed by atoms with E-state index in [4.69, 9.17) is 0 Å². The lowest BCUT2D eigenvalue weighted by atomic mass is 10.1. The molecule has 1 fully saturated rings. The van der Waals surface area contributed by atoms with Gasteiger partial charge in [0, 0.05) is 23.5 Å². The van der Waals surface area contributed by atoms with Gasteiger partial charge in [-0.2, -0.15) is 0 Å². The van der Waals surface area contributed by atoms with Crippen LogP contribution in [0.15, 0.2) is 22.7 Å². The van der Waals surface area contributed by atoms with Crippen molar-refractivity contribution in [3.05, 3.63) is 33.8 Å². The van der Waals surface area contributed by atoms with Gasteiger partial charge in [0.05, 0.1) is 11.1 Å². The maximum atomic E-state index is 12.4. The molecule has 0 unspecified atom stereocenters. The first-order chi connectivity index (χ1) is 12.1. The van der Waals surface area contributed by atoms with Crippen LogP contribution < -0.4 is 5.32 Å². The molecule has 0 bridgehead atoms. The molecule has 1 N–H and O–H groups in total. The number of halogens is 1. The Balaban J connectivity index is 1.48. The van der Waals surface area contributed by atoms with Crippen molar-refractivity contribution in [1.29, 1.82) is 0 Å². The van der Waals surface area contributed by atoms with E-state index in [9.17, 15) is 14.4 Å². The van der Waals surface area contributed by atoms with E-state index >= 15 is 0 Å². The highest BCUT2D eigenvalue weighted by atomic mass is 79.9. The highest BCUT2D eigenvalue weighted by molar-refractivity contribution is 9.10. The third kappa shape index (κ3) is 4.29. The first-order valence-corrected chi connectivity index (χ1v) is 9.80. The third-order valence-electron chi connectivity index (χ3n) is 4.94. The maximum absolute atomic E-state index is 12.4. The van der Waals surface area contributed by atoms with E-state index in [2.05, 4.69) is 21.2 Å². The number of fused-ring (bicyclic) bond motifs is 1. The van der Waals surface area contributed by atoms with Crippen molar-refractivity contribution in [3.8, 4) is 0 Å². The zero-order chi connectivity index (χ0) is 17.8. The number of hydrogen-bond donors (Lipinski definition) is 1. The molecule has 1 saturated carbocycles. The summed E-state index contributed by atoms with van der Waals surface area (Å²) in [5.41, 5.74) is 0.874. The summed E-state index contributed by atoms with van der Waals surface area (Å²) in [5, 5.41) is 3.10. The van der Waals surface area contributed by atoms with Crippen LogP contribution in [0.4, 0.5) is 0 Å². The van der Waals surface area contributed by atoms with E-state index in [1.165, 1.54) is 30.6 Å². The van der Waals surface area contributed by atoms with Crippen molar-refractivity contribution < 1.29 is 14.4 Å². The molecule has 6 heteroatoms. The van der Waals surface area contributed by atoms with Crippen LogP contribution in [-0.2, 0) is 4.79 Å². The zero-order valence-corrected chi connectivity index (χ0v) is 15.8. The molecule has 0 atom stereocenters. The monoisotopic (exact) mass is 406 g/mol. The van der Waals surface area contributed by atoms with Gasteiger partial charge in [-0.05, 0) is 37.5 Å². The topological polar surface area (TPSA) is 66.5 Å². The lowest BCUT2D eigenvalue weighted by molar-refractivity contribution is -0.122. The summed E-state index contributed by atoms with van der Waals surface area (Å²) < 4.78 is 0.775. The second-order valence-corrected chi connectivity index (χ2v) is 7.73. The van der Waals surface area contributed by atoms with Crippen molar-refractivity contribution in [2.45, 2.75) is 57.4 Å². The van der Waals surface area contributed by atoms with Crippen LogP contribution in [0.25, 0.3) is 0 Å². The van der Waals surface area contributed by atoms with Crippen LogP contribution in [0.3, 0.4) is 0 Å². The summed E-state index contributed by atoms with van der Waals surface area (Å²) in [7, 11) is 0. The minimum Gasteiger partial charge on any atom is -0.353 e. The Hall–Kier alpha value is -1.69. The van der Waals surface area contributed by atoms with Crippen molar-refractivity contribution in [1.82, 2.24) is 10.2 Å². The number of imide groups is 1. The van der Waals surface area contributed by atoms with Gasteiger partial charge in [-0.15, -0.1) is 0 Å². The molecular weight excluding hydrogens is 384 g/mol. The van der Waals surface area contributed by atoms with Crippen molar-refractivity contribution in [3.63, 3.8) is 0 Å². The van der Waals surface area contributed by atoms with Gasteiger partial charge in [0.25, 0.3) is 11.8 Å². The predicted molar refractivity (Wildman–Crippen MR) is 98.4 cm³/mol. The van der Waals surface area contributed by atoms with Crippen LogP contribution in [0.2, 0.25) is 0 Å². The van der Waals surface area contributed by atoms with Crippen LogP contribution in [0.1, 0.15) is 72.1 Å². The number of hydrogen-bond acceptors (Lipinski definition) is 3. The number of benzene rings is 1. The second-order valence-electron chi connectivity index (χ2n) is 6.81. The molecule has 1 aromatic rings. The molecule has 0 spiro atoms. The van der Waals surface area contributed by atoms with Gasteiger partial charge >= 0.3 is 0 Å². The van der Waals surface area contributed by atoms with Crippen molar-refractivity contribution in [2.24, 2.45) is 0 Å². The molecular formula is C19H23BrN2O3. The summed E-state index contributed by atoms with van der Waals surface area (Å²) in [6.07, 6.45) is 7.80. The number of nitrogens with zero attached hydrogens (tertiary/aromatic N) is 1. The second kappa shape index (κ2) is 8.13. The molecule has 134 valence electrons. The molecule has 5 nitrogen and oxygen atoms in total. The quantitative estimate of drug-likeness (QED) is 0.599. The first-order valence-electron chi connectivity index (χ1n) is 9.01. The van der Waals surface area contributed by atoms with Gasteiger partial charge in [-0.1, -0.05) is 41.6 Å². The maximum Gasteiger partial charge on any atom is 0.261 e. The van der Waals surface area contributed by atoms with E-state index < -0.39 is 0 Å². The fourth-order valence-electron chi connectivity index (χ4n) is 3.59. The molecule has 3 amide bonds. The fraction of sp³-hybridized carbons (Fsp3) is 0.526. The van der Waals surface area contributed by atoms with Crippen LogP contribution in [0, 0.1) is 0 Å². The van der Waals surface area contributed by atoms with E-state index in [1.807, 2.05) is 0 Å². The van der Waals surface area contributed by atoms with E-state index in [0.29, 0.717) is 24.0 Å². The Morgan fingerprint density at radius 1 is 1.08 bits per heavy atom. The zero-order valence-electron chi connectivity index (χ0n) is 14.2. The van der Waals surface area contributed by atoms with Crippen LogP contribution in [0.5, 0.6) is 0 Å². The highest BCUT2D eigenvalue weighted by Crippen LogP contribution is 2.26. The Kier molecular flexibility index (Phi) is 5.89. The summed E-state index contributed by atoms with van der Waals surface area (Å²) in [6.45, 7) is 0.280. The summed E-state index contributed by atoms with van der Waals surface area (Å²) in [4.78, 5) is 38.1. The van der Waals surface area contributed by atoms with E-state index in [-0.39, 0.29) is 30.3 Å². The van der Waals surface area contributed by atoms with Crippen LogP contribution in [-0.4, -0.2) is 35.2 Å². The number of carbonyl (C=O) groups excluding carboxylic acids is 3. The minimum atomic E-state index is -0.273. The first kappa shape index (κ1) is 18.1. The predicted octanol–water partition coefficient (Wildman–Crippen LogP) is 3.66. The lowest BCUT2D eigenvalue weighted by Crippen LogP contribution is -2.35. The van der Waals surface area contributed by atoms with Gasteiger partial charge in [0.1, 0.15) is 0 Å². The minimum absolute atomic E-state index is 0.0197.